The van der Waals surface area contributed by atoms with Crippen LogP contribution in [0.1, 0.15) is 47.0 Å². The highest BCUT2D eigenvalue weighted by Crippen LogP contribution is 2.30. The fourth-order valence-corrected chi connectivity index (χ4v) is 2.38. The monoisotopic (exact) mass is 244 g/mol. The van der Waals surface area contributed by atoms with Gasteiger partial charge >= 0.3 is 0 Å². The average Bonchev–Trinajstić information content (AvgIpc) is 2.31. The molecule has 1 rings (SSSR count). The summed E-state index contributed by atoms with van der Waals surface area (Å²) in [5, 5.41) is 0. The molecule has 0 N–H and O–H groups in total. The molecule has 3 nitrogen and oxygen atoms in total. The van der Waals surface area contributed by atoms with E-state index in [1.807, 2.05) is 13.8 Å². The molecule has 3 heteroatoms. The fraction of sp³-hybridized carbons (Fsp3) is 1.00. The standard InChI is InChI=1S/C14H28O3/c1-5-15-14(16-6-2)10-17-13-8-7-11(3)12(4)9-13/h11-14H,5-10H2,1-4H3. The first-order valence-corrected chi connectivity index (χ1v) is 7.02. The van der Waals surface area contributed by atoms with Crippen molar-refractivity contribution in [3.05, 3.63) is 0 Å². The zero-order valence-corrected chi connectivity index (χ0v) is 11.8. The van der Waals surface area contributed by atoms with Crippen molar-refractivity contribution in [2.75, 3.05) is 19.8 Å². The van der Waals surface area contributed by atoms with Crippen LogP contribution in [-0.2, 0) is 14.2 Å². The van der Waals surface area contributed by atoms with Crippen LogP contribution in [0.2, 0.25) is 0 Å². The summed E-state index contributed by atoms with van der Waals surface area (Å²) in [7, 11) is 0. The Labute approximate surface area is 106 Å². The molecule has 1 aliphatic carbocycles. The van der Waals surface area contributed by atoms with Crippen molar-refractivity contribution in [3.8, 4) is 0 Å². The maximum Gasteiger partial charge on any atom is 0.180 e. The molecular weight excluding hydrogens is 216 g/mol. The highest BCUT2D eigenvalue weighted by molar-refractivity contribution is 4.75. The van der Waals surface area contributed by atoms with Gasteiger partial charge in [-0.15, -0.1) is 0 Å². The summed E-state index contributed by atoms with van der Waals surface area (Å²) < 4.78 is 16.9. The van der Waals surface area contributed by atoms with E-state index in [0.29, 0.717) is 25.9 Å². The Morgan fingerprint density at radius 2 is 1.65 bits per heavy atom. The molecule has 0 bridgehead atoms. The molecule has 1 aliphatic rings. The fourth-order valence-electron chi connectivity index (χ4n) is 2.38. The van der Waals surface area contributed by atoms with Crippen LogP contribution < -0.4 is 0 Å². The van der Waals surface area contributed by atoms with Gasteiger partial charge in [0.15, 0.2) is 6.29 Å². The van der Waals surface area contributed by atoms with Crippen molar-refractivity contribution in [3.63, 3.8) is 0 Å². The summed E-state index contributed by atoms with van der Waals surface area (Å²) in [6.45, 7) is 10.5. The third kappa shape index (κ3) is 5.36. The van der Waals surface area contributed by atoms with E-state index in [9.17, 15) is 0 Å². The van der Waals surface area contributed by atoms with Gasteiger partial charge in [-0.05, 0) is 44.9 Å². The summed E-state index contributed by atoms with van der Waals surface area (Å²) in [4.78, 5) is 0. The zero-order chi connectivity index (χ0) is 12.7. The summed E-state index contributed by atoms with van der Waals surface area (Å²) >= 11 is 0. The van der Waals surface area contributed by atoms with Gasteiger partial charge in [0.2, 0.25) is 0 Å². The minimum absolute atomic E-state index is 0.195. The van der Waals surface area contributed by atoms with Crippen LogP contribution in [0.15, 0.2) is 0 Å². The van der Waals surface area contributed by atoms with E-state index in [0.717, 1.165) is 11.8 Å². The lowest BCUT2D eigenvalue weighted by Gasteiger charge is -2.32. The van der Waals surface area contributed by atoms with E-state index in [1.54, 1.807) is 0 Å². The van der Waals surface area contributed by atoms with Crippen LogP contribution in [0.4, 0.5) is 0 Å². The molecule has 0 amide bonds. The average molecular weight is 244 g/mol. The van der Waals surface area contributed by atoms with Crippen molar-refractivity contribution < 1.29 is 14.2 Å². The number of rotatable bonds is 7. The van der Waals surface area contributed by atoms with Crippen molar-refractivity contribution in [2.24, 2.45) is 11.8 Å². The molecule has 0 aromatic rings. The normalized spacial score (nSPS) is 29.8. The minimum atomic E-state index is -0.195. The minimum Gasteiger partial charge on any atom is -0.373 e. The van der Waals surface area contributed by atoms with E-state index < -0.39 is 0 Å². The molecule has 1 fully saturated rings. The maximum absolute atomic E-state index is 5.92. The van der Waals surface area contributed by atoms with E-state index in [4.69, 9.17) is 14.2 Å². The van der Waals surface area contributed by atoms with Gasteiger partial charge in [-0.3, -0.25) is 0 Å². The van der Waals surface area contributed by atoms with Gasteiger partial charge < -0.3 is 14.2 Å². The smallest absolute Gasteiger partial charge is 0.180 e. The Kier molecular flexibility index (Phi) is 7.09. The van der Waals surface area contributed by atoms with E-state index >= 15 is 0 Å². The van der Waals surface area contributed by atoms with E-state index in [1.165, 1.54) is 19.3 Å². The quantitative estimate of drug-likeness (QED) is 0.644. The van der Waals surface area contributed by atoms with Gasteiger partial charge in [-0.2, -0.15) is 0 Å². The van der Waals surface area contributed by atoms with Crippen LogP contribution in [0, 0.1) is 11.8 Å². The van der Waals surface area contributed by atoms with Gasteiger partial charge in [-0.25, -0.2) is 0 Å². The lowest BCUT2D eigenvalue weighted by molar-refractivity contribution is -0.180. The van der Waals surface area contributed by atoms with Crippen molar-refractivity contribution in [1.82, 2.24) is 0 Å². The van der Waals surface area contributed by atoms with Gasteiger partial charge in [0, 0.05) is 13.2 Å². The van der Waals surface area contributed by atoms with E-state index in [-0.39, 0.29) is 6.29 Å². The van der Waals surface area contributed by atoms with Crippen molar-refractivity contribution >= 4 is 0 Å². The van der Waals surface area contributed by atoms with E-state index in [2.05, 4.69) is 13.8 Å². The second-order valence-electron chi connectivity index (χ2n) is 5.06. The molecule has 0 aromatic carbocycles. The largest absolute Gasteiger partial charge is 0.373 e. The topological polar surface area (TPSA) is 27.7 Å². The molecule has 0 saturated heterocycles. The molecule has 1 saturated carbocycles. The van der Waals surface area contributed by atoms with Crippen LogP contribution in [0.5, 0.6) is 0 Å². The maximum atomic E-state index is 5.92. The second-order valence-corrected chi connectivity index (χ2v) is 5.06. The Morgan fingerprint density at radius 3 is 2.18 bits per heavy atom. The molecule has 0 radical (unpaired) electrons. The molecule has 3 unspecified atom stereocenters. The summed E-state index contributed by atoms with van der Waals surface area (Å²) in [6.07, 6.45) is 3.83. The Bertz CT molecular complexity index is 190. The third-order valence-corrected chi connectivity index (χ3v) is 3.72. The molecule has 17 heavy (non-hydrogen) atoms. The Morgan fingerprint density at radius 1 is 1.00 bits per heavy atom. The summed E-state index contributed by atoms with van der Waals surface area (Å²) in [6, 6.07) is 0. The van der Waals surface area contributed by atoms with Gasteiger partial charge in [0.05, 0.1) is 12.7 Å². The zero-order valence-electron chi connectivity index (χ0n) is 11.8. The molecule has 0 heterocycles. The Balaban J connectivity index is 2.24. The first-order chi connectivity index (χ1) is 8.17. The van der Waals surface area contributed by atoms with Crippen LogP contribution in [0.3, 0.4) is 0 Å². The highest BCUT2D eigenvalue weighted by Gasteiger charge is 2.25. The lowest BCUT2D eigenvalue weighted by atomic mass is 9.80. The van der Waals surface area contributed by atoms with Crippen molar-refractivity contribution in [1.29, 1.82) is 0 Å². The Hall–Kier alpha value is -0.120. The van der Waals surface area contributed by atoms with Gasteiger partial charge in [-0.1, -0.05) is 13.8 Å². The third-order valence-electron chi connectivity index (χ3n) is 3.72. The highest BCUT2D eigenvalue weighted by atomic mass is 16.7. The predicted molar refractivity (Wildman–Crippen MR) is 69.0 cm³/mol. The van der Waals surface area contributed by atoms with Gasteiger partial charge in [0.25, 0.3) is 0 Å². The molecular formula is C14H28O3. The molecule has 0 aromatic heterocycles. The van der Waals surface area contributed by atoms with Crippen LogP contribution >= 0.6 is 0 Å². The first-order valence-electron chi connectivity index (χ1n) is 7.02. The summed E-state index contributed by atoms with van der Waals surface area (Å²) in [5.74, 6) is 1.61. The predicted octanol–water partition coefficient (Wildman–Crippen LogP) is 3.23. The molecule has 0 spiro atoms. The SMILES string of the molecule is CCOC(COC1CCC(C)C(C)C1)OCC. The summed E-state index contributed by atoms with van der Waals surface area (Å²) in [5.41, 5.74) is 0. The lowest BCUT2D eigenvalue weighted by Crippen LogP contribution is -2.31. The second kappa shape index (κ2) is 8.06. The molecule has 3 atom stereocenters. The number of hydrogen-bond donors (Lipinski definition) is 0. The molecule has 102 valence electrons. The number of ether oxygens (including phenoxy) is 3. The van der Waals surface area contributed by atoms with Crippen LogP contribution in [-0.4, -0.2) is 32.2 Å². The number of hydrogen-bond acceptors (Lipinski definition) is 3. The van der Waals surface area contributed by atoms with Crippen molar-refractivity contribution in [2.45, 2.75) is 59.4 Å². The van der Waals surface area contributed by atoms with Crippen LogP contribution in [0.25, 0.3) is 0 Å². The van der Waals surface area contributed by atoms with Gasteiger partial charge in [0.1, 0.15) is 0 Å². The first kappa shape index (κ1) is 14.9. The molecule has 0 aliphatic heterocycles.